The average Bonchev–Trinajstić information content (AvgIpc) is 2.66. The minimum Gasteiger partial charge on any atom is -0.449 e. The third-order valence-electron chi connectivity index (χ3n) is 3.98. The summed E-state index contributed by atoms with van der Waals surface area (Å²) < 4.78 is 29.1. The van der Waals surface area contributed by atoms with Gasteiger partial charge >= 0.3 is 5.97 Å². The van der Waals surface area contributed by atoms with Gasteiger partial charge in [-0.2, -0.15) is 0 Å². The third-order valence-corrected chi connectivity index (χ3v) is 5.67. The highest BCUT2D eigenvalue weighted by Gasteiger charge is 2.24. The van der Waals surface area contributed by atoms with E-state index < -0.39 is 27.0 Å². The van der Waals surface area contributed by atoms with Gasteiger partial charge in [0.25, 0.3) is 0 Å². The van der Waals surface area contributed by atoms with Crippen molar-refractivity contribution in [3.8, 4) is 0 Å². The number of hydrogen-bond donors (Lipinski definition) is 1. The number of carbonyl (C=O) groups is 1. The van der Waals surface area contributed by atoms with Gasteiger partial charge in [-0.1, -0.05) is 83.9 Å². The van der Waals surface area contributed by atoms with E-state index >= 15 is 0 Å². The second-order valence-corrected chi connectivity index (χ2v) is 8.26. The molecule has 0 fully saturated rings. The van der Waals surface area contributed by atoms with Crippen LogP contribution in [0.2, 0.25) is 10.0 Å². The molecular weight excluding hydrogens is 421 g/mol. The van der Waals surface area contributed by atoms with Crippen molar-refractivity contribution in [2.75, 3.05) is 0 Å². The van der Waals surface area contributed by atoms with Gasteiger partial charge in [-0.25, -0.2) is 18.4 Å². The van der Waals surface area contributed by atoms with Crippen LogP contribution in [-0.4, -0.2) is 14.4 Å². The summed E-state index contributed by atoms with van der Waals surface area (Å²) >= 11 is 12.0. The van der Waals surface area contributed by atoms with E-state index in [2.05, 4.69) is 0 Å². The van der Waals surface area contributed by atoms with E-state index in [0.29, 0.717) is 0 Å². The first-order valence-electron chi connectivity index (χ1n) is 8.10. The number of carbonyl (C=O) groups excluding carboxylic acids is 1. The van der Waals surface area contributed by atoms with Crippen LogP contribution >= 0.6 is 23.2 Å². The van der Waals surface area contributed by atoms with Gasteiger partial charge in [0.15, 0.2) is 6.10 Å². The Morgan fingerprint density at radius 3 is 1.82 bits per heavy atom. The minimum absolute atomic E-state index is 0.0396. The second-order valence-electron chi connectivity index (χ2n) is 5.91. The number of primary sulfonamides is 1. The first-order chi connectivity index (χ1) is 13.3. The molecule has 0 unspecified atom stereocenters. The molecule has 2 N–H and O–H groups in total. The molecule has 144 valence electrons. The average molecular weight is 436 g/mol. The molecular formula is C20H15Cl2NO4S. The fourth-order valence-electron chi connectivity index (χ4n) is 2.66. The lowest BCUT2D eigenvalue weighted by Gasteiger charge is -2.19. The summed E-state index contributed by atoms with van der Waals surface area (Å²) in [5.74, 6) is -0.802. The summed E-state index contributed by atoms with van der Waals surface area (Å²) in [7, 11) is -4.14. The molecule has 0 saturated heterocycles. The van der Waals surface area contributed by atoms with Crippen LogP contribution in [-0.2, 0) is 14.8 Å². The maximum Gasteiger partial charge on any atom is 0.340 e. The van der Waals surface area contributed by atoms with Crippen molar-refractivity contribution in [2.24, 2.45) is 5.14 Å². The number of hydrogen-bond acceptors (Lipinski definition) is 4. The Kier molecular flexibility index (Phi) is 6.05. The molecule has 5 nitrogen and oxygen atoms in total. The van der Waals surface area contributed by atoms with Gasteiger partial charge in [0, 0.05) is 0 Å². The van der Waals surface area contributed by atoms with E-state index in [1.807, 2.05) is 60.7 Å². The lowest BCUT2D eigenvalue weighted by molar-refractivity contribution is 0.0378. The number of nitrogens with two attached hydrogens (primary N) is 1. The molecule has 3 rings (SSSR count). The number of rotatable bonds is 5. The Balaban J connectivity index is 2.02. The summed E-state index contributed by atoms with van der Waals surface area (Å²) in [5.41, 5.74) is 1.35. The SMILES string of the molecule is NS(=O)(=O)c1cc(C(=O)OC(c2ccccc2)c2ccccc2)c(Cl)cc1Cl. The standard InChI is InChI=1S/C20H15Cl2NO4S/c21-16-12-17(22)18(28(23,25)26)11-15(16)20(24)27-19(13-7-3-1-4-8-13)14-9-5-2-6-10-14/h1-12,19H,(H2,23,25,26). The van der Waals surface area contributed by atoms with Gasteiger partial charge < -0.3 is 4.74 Å². The molecule has 3 aromatic carbocycles. The molecule has 0 radical (unpaired) electrons. The monoisotopic (exact) mass is 435 g/mol. The summed E-state index contributed by atoms with van der Waals surface area (Å²) in [6.45, 7) is 0. The number of ether oxygens (including phenoxy) is 1. The van der Waals surface area contributed by atoms with Crippen molar-refractivity contribution in [1.29, 1.82) is 0 Å². The Morgan fingerprint density at radius 1 is 0.857 bits per heavy atom. The number of benzene rings is 3. The van der Waals surface area contributed by atoms with Gasteiger partial charge in [0.05, 0.1) is 15.6 Å². The van der Waals surface area contributed by atoms with E-state index in [4.69, 9.17) is 33.1 Å². The van der Waals surface area contributed by atoms with Gasteiger partial charge in [0.1, 0.15) is 4.90 Å². The molecule has 0 saturated carbocycles. The van der Waals surface area contributed by atoms with Crippen LogP contribution in [0.4, 0.5) is 0 Å². The van der Waals surface area contributed by atoms with E-state index in [0.717, 1.165) is 23.3 Å². The normalized spacial score (nSPS) is 11.4. The smallest absolute Gasteiger partial charge is 0.340 e. The predicted octanol–water partition coefficient (Wildman–Crippen LogP) is 4.59. The van der Waals surface area contributed by atoms with Crippen molar-refractivity contribution < 1.29 is 17.9 Å². The first kappa shape index (κ1) is 20.4. The Bertz CT molecular complexity index is 1060. The molecule has 0 heterocycles. The van der Waals surface area contributed by atoms with Gasteiger partial charge in [-0.3, -0.25) is 0 Å². The summed E-state index contributed by atoms with van der Waals surface area (Å²) in [6.07, 6.45) is -0.709. The highest BCUT2D eigenvalue weighted by atomic mass is 35.5. The van der Waals surface area contributed by atoms with Crippen LogP contribution in [0.3, 0.4) is 0 Å². The Hall–Kier alpha value is -2.38. The summed E-state index contributed by atoms with van der Waals surface area (Å²) in [6, 6.07) is 20.5. The van der Waals surface area contributed by atoms with Crippen molar-refractivity contribution in [3.63, 3.8) is 0 Å². The molecule has 0 aliphatic carbocycles. The van der Waals surface area contributed by atoms with E-state index in [1.165, 1.54) is 0 Å². The summed E-state index contributed by atoms with van der Waals surface area (Å²) in [4.78, 5) is 12.4. The quantitative estimate of drug-likeness (QED) is 0.593. The Morgan fingerprint density at radius 2 is 1.36 bits per heavy atom. The largest absolute Gasteiger partial charge is 0.449 e. The molecule has 0 bridgehead atoms. The topological polar surface area (TPSA) is 86.5 Å². The van der Waals surface area contributed by atoms with Gasteiger partial charge in [0.2, 0.25) is 10.0 Å². The van der Waals surface area contributed by atoms with Crippen molar-refractivity contribution in [1.82, 2.24) is 0 Å². The van der Waals surface area contributed by atoms with Crippen molar-refractivity contribution in [2.45, 2.75) is 11.0 Å². The number of sulfonamides is 1. The fourth-order valence-corrected chi connectivity index (χ4v) is 4.05. The molecule has 0 aliphatic rings. The highest BCUT2D eigenvalue weighted by Crippen LogP contribution is 2.31. The zero-order valence-corrected chi connectivity index (χ0v) is 16.7. The van der Waals surface area contributed by atoms with Crippen molar-refractivity contribution >= 4 is 39.2 Å². The zero-order chi connectivity index (χ0) is 20.3. The molecule has 0 spiro atoms. The van der Waals surface area contributed by atoms with Crippen LogP contribution in [0.15, 0.2) is 77.7 Å². The summed E-state index contributed by atoms with van der Waals surface area (Å²) in [5, 5.41) is 4.94. The first-order valence-corrected chi connectivity index (χ1v) is 10.4. The number of halogens is 2. The van der Waals surface area contributed by atoms with Crippen molar-refractivity contribution in [3.05, 3.63) is 99.5 Å². The predicted molar refractivity (Wildman–Crippen MR) is 108 cm³/mol. The van der Waals surface area contributed by atoms with Crippen LogP contribution in [0.1, 0.15) is 27.6 Å². The van der Waals surface area contributed by atoms with E-state index in [9.17, 15) is 13.2 Å². The van der Waals surface area contributed by atoms with Crippen LogP contribution in [0.5, 0.6) is 0 Å². The van der Waals surface area contributed by atoms with Crippen LogP contribution in [0.25, 0.3) is 0 Å². The molecule has 8 heteroatoms. The third kappa shape index (κ3) is 4.54. The molecule has 3 aromatic rings. The lowest BCUT2D eigenvalue weighted by atomic mass is 10.0. The Labute approximate surface area is 172 Å². The lowest BCUT2D eigenvalue weighted by Crippen LogP contribution is -2.16. The molecule has 0 amide bonds. The molecule has 0 aromatic heterocycles. The fraction of sp³-hybridized carbons (Fsp3) is 0.0500. The van der Waals surface area contributed by atoms with Gasteiger partial charge in [-0.15, -0.1) is 0 Å². The van der Waals surface area contributed by atoms with Crippen LogP contribution < -0.4 is 5.14 Å². The van der Waals surface area contributed by atoms with Gasteiger partial charge in [-0.05, 0) is 23.3 Å². The van der Waals surface area contributed by atoms with Crippen LogP contribution in [0, 0.1) is 0 Å². The van der Waals surface area contributed by atoms with E-state index in [1.54, 1.807) is 0 Å². The maximum absolute atomic E-state index is 12.8. The van der Waals surface area contributed by atoms with E-state index in [-0.39, 0.29) is 15.6 Å². The molecule has 0 atom stereocenters. The zero-order valence-electron chi connectivity index (χ0n) is 14.4. The number of esters is 1. The minimum atomic E-state index is -4.14. The second kappa shape index (κ2) is 8.32. The maximum atomic E-state index is 12.8. The molecule has 0 aliphatic heterocycles. The molecule has 28 heavy (non-hydrogen) atoms. The highest BCUT2D eigenvalue weighted by molar-refractivity contribution is 7.89.